The molecule has 1 aromatic heterocycles. The molecule has 0 radical (unpaired) electrons. The molecule has 1 aliphatic rings. The number of aromatic nitrogens is 1. The summed E-state index contributed by atoms with van der Waals surface area (Å²) in [4.78, 5) is 24.9. The number of nitrogens with one attached hydrogen (secondary N) is 2. The Hall–Kier alpha value is -2.80. The quantitative estimate of drug-likeness (QED) is 0.546. The predicted octanol–water partition coefficient (Wildman–Crippen LogP) is 2.77. The van der Waals surface area contributed by atoms with Gasteiger partial charge in [-0.2, -0.15) is 0 Å². The van der Waals surface area contributed by atoms with Crippen LogP contribution in [-0.4, -0.2) is 61.5 Å². The Labute approximate surface area is 183 Å². The molecular formula is C22H29ClN6O. The van der Waals surface area contributed by atoms with Crippen LogP contribution in [0.3, 0.4) is 0 Å². The lowest BCUT2D eigenvalue weighted by Crippen LogP contribution is -2.44. The largest absolute Gasteiger partial charge is 0.357 e. The Kier molecular flexibility index (Phi) is 7.52. The van der Waals surface area contributed by atoms with Crippen LogP contribution in [0.25, 0.3) is 0 Å². The molecule has 0 aliphatic carbocycles. The van der Waals surface area contributed by atoms with E-state index in [1.807, 2.05) is 43.3 Å². The number of hydrogen-bond acceptors (Lipinski definition) is 4. The number of hydrogen-bond donors (Lipinski definition) is 2. The number of halogens is 1. The summed E-state index contributed by atoms with van der Waals surface area (Å²) in [6, 6.07) is 11.6. The zero-order chi connectivity index (χ0) is 21.5. The van der Waals surface area contributed by atoms with Crippen molar-refractivity contribution in [3.63, 3.8) is 0 Å². The van der Waals surface area contributed by atoms with Crippen LogP contribution in [-0.2, 0) is 6.54 Å². The molecule has 160 valence electrons. The molecule has 0 bridgehead atoms. The fraction of sp³-hybridized carbons (Fsp3) is 0.409. The van der Waals surface area contributed by atoms with Crippen molar-refractivity contribution in [3.8, 4) is 0 Å². The molecule has 30 heavy (non-hydrogen) atoms. The molecule has 2 heterocycles. The average molecular weight is 429 g/mol. The van der Waals surface area contributed by atoms with Crippen LogP contribution in [0.15, 0.2) is 47.6 Å². The summed E-state index contributed by atoms with van der Waals surface area (Å²) in [6.07, 6.45) is 2.75. The Morgan fingerprint density at radius 1 is 1.30 bits per heavy atom. The molecule has 0 saturated carbocycles. The Balaban J connectivity index is 1.60. The van der Waals surface area contributed by atoms with Gasteiger partial charge in [0.25, 0.3) is 5.91 Å². The first kappa shape index (κ1) is 21.9. The first-order valence-electron chi connectivity index (χ1n) is 10.2. The van der Waals surface area contributed by atoms with Gasteiger partial charge in [-0.3, -0.25) is 4.79 Å². The van der Waals surface area contributed by atoms with E-state index in [1.54, 1.807) is 25.2 Å². The summed E-state index contributed by atoms with van der Waals surface area (Å²) in [7, 11) is 3.50. The lowest BCUT2D eigenvalue weighted by Gasteiger charge is -2.20. The highest BCUT2D eigenvalue weighted by molar-refractivity contribution is 6.32. The van der Waals surface area contributed by atoms with Gasteiger partial charge in [0, 0.05) is 51.5 Å². The van der Waals surface area contributed by atoms with Crippen LogP contribution in [0, 0.1) is 0 Å². The van der Waals surface area contributed by atoms with Crippen molar-refractivity contribution >= 4 is 29.3 Å². The number of carbonyl (C=O) groups is 1. The van der Waals surface area contributed by atoms with Gasteiger partial charge in [0.1, 0.15) is 5.82 Å². The van der Waals surface area contributed by atoms with E-state index >= 15 is 0 Å². The van der Waals surface area contributed by atoms with E-state index < -0.39 is 0 Å². The van der Waals surface area contributed by atoms with E-state index in [1.165, 1.54) is 0 Å². The maximum absolute atomic E-state index is 12.0. The average Bonchev–Trinajstić information content (AvgIpc) is 3.20. The minimum absolute atomic E-state index is 0.00106. The van der Waals surface area contributed by atoms with E-state index in [4.69, 9.17) is 16.6 Å². The highest BCUT2D eigenvalue weighted by atomic mass is 35.5. The fourth-order valence-electron chi connectivity index (χ4n) is 3.38. The van der Waals surface area contributed by atoms with Gasteiger partial charge in [-0.1, -0.05) is 23.7 Å². The van der Waals surface area contributed by atoms with Crippen molar-refractivity contribution < 1.29 is 4.79 Å². The number of benzene rings is 1. The Morgan fingerprint density at radius 3 is 2.73 bits per heavy atom. The van der Waals surface area contributed by atoms with Crippen LogP contribution in [0.5, 0.6) is 0 Å². The molecule has 1 amide bonds. The number of nitrogens with zero attached hydrogens (tertiary/aromatic N) is 4. The van der Waals surface area contributed by atoms with E-state index in [0.29, 0.717) is 17.1 Å². The molecule has 2 N–H and O–H groups in total. The number of carbonyl (C=O) groups excluding carboxylic acids is 1. The van der Waals surface area contributed by atoms with Gasteiger partial charge in [-0.15, -0.1) is 0 Å². The number of rotatable bonds is 6. The first-order valence-corrected chi connectivity index (χ1v) is 10.6. The third kappa shape index (κ3) is 5.63. The minimum atomic E-state index is -0.00106. The zero-order valence-electron chi connectivity index (χ0n) is 17.7. The van der Waals surface area contributed by atoms with Gasteiger partial charge in [0.15, 0.2) is 5.96 Å². The van der Waals surface area contributed by atoms with Gasteiger partial charge in [-0.05, 0) is 43.2 Å². The second kappa shape index (κ2) is 10.3. The molecule has 0 spiro atoms. The SMILES string of the molecule is CCNC(=NCc1ccc(C(=O)N(C)C)cc1)NC1CCN(c2ncccc2Cl)C1. The number of amides is 1. The smallest absolute Gasteiger partial charge is 0.253 e. The normalized spacial score (nSPS) is 16.5. The van der Waals surface area contributed by atoms with Crippen molar-refractivity contribution in [2.75, 3.05) is 38.6 Å². The third-order valence-electron chi connectivity index (χ3n) is 4.94. The molecule has 1 fully saturated rings. The van der Waals surface area contributed by atoms with Gasteiger partial charge in [0.05, 0.1) is 11.6 Å². The standard InChI is InChI=1S/C22H29ClN6O/c1-4-24-22(26-14-16-7-9-17(10-8-16)21(30)28(2)3)27-18-11-13-29(15-18)20-19(23)6-5-12-25-20/h5-10,12,18H,4,11,13-15H2,1-3H3,(H2,24,26,27). The minimum Gasteiger partial charge on any atom is -0.357 e. The van der Waals surface area contributed by atoms with E-state index in [-0.39, 0.29) is 11.9 Å². The highest BCUT2D eigenvalue weighted by Crippen LogP contribution is 2.25. The maximum Gasteiger partial charge on any atom is 0.253 e. The lowest BCUT2D eigenvalue weighted by atomic mass is 10.1. The summed E-state index contributed by atoms with van der Waals surface area (Å²) in [5.74, 6) is 1.61. The van der Waals surface area contributed by atoms with E-state index in [9.17, 15) is 4.79 Å². The first-order chi connectivity index (χ1) is 14.5. The van der Waals surface area contributed by atoms with Crippen molar-refractivity contribution in [1.29, 1.82) is 0 Å². The third-order valence-corrected chi connectivity index (χ3v) is 5.23. The summed E-state index contributed by atoms with van der Waals surface area (Å²) < 4.78 is 0. The summed E-state index contributed by atoms with van der Waals surface area (Å²) in [6.45, 7) is 5.09. The van der Waals surface area contributed by atoms with Crippen molar-refractivity contribution in [2.45, 2.75) is 25.9 Å². The van der Waals surface area contributed by atoms with Crippen LogP contribution in [0.4, 0.5) is 5.82 Å². The molecule has 1 atom stereocenters. The van der Waals surface area contributed by atoms with Gasteiger partial charge >= 0.3 is 0 Å². The molecule has 1 aliphatic heterocycles. The van der Waals surface area contributed by atoms with Crippen molar-refractivity contribution in [2.24, 2.45) is 4.99 Å². The second-order valence-electron chi connectivity index (χ2n) is 7.48. The van der Waals surface area contributed by atoms with Gasteiger partial charge < -0.3 is 20.4 Å². The topological polar surface area (TPSA) is 72.9 Å². The number of guanidine groups is 1. The maximum atomic E-state index is 12.0. The second-order valence-corrected chi connectivity index (χ2v) is 7.88. The van der Waals surface area contributed by atoms with Crippen molar-refractivity contribution in [1.82, 2.24) is 20.5 Å². The zero-order valence-corrected chi connectivity index (χ0v) is 18.5. The van der Waals surface area contributed by atoms with Crippen molar-refractivity contribution in [3.05, 3.63) is 58.7 Å². The molecule has 2 aromatic rings. The van der Waals surface area contributed by atoms with Crippen LogP contribution >= 0.6 is 11.6 Å². The molecule has 3 rings (SSSR count). The predicted molar refractivity (Wildman–Crippen MR) is 122 cm³/mol. The molecular weight excluding hydrogens is 400 g/mol. The van der Waals surface area contributed by atoms with Crippen LogP contribution in [0.2, 0.25) is 5.02 Å². The summed E-state index contributed by atoms with van der Waals surface area (Å²) >= 11 is 6.29. The monoisotopic (exact) mass is 428 g/mol. The molecule has 1 saturated heterocycles. The molecule has 8 heteroatoms. The Morgan fingerprint density at radius 2 is 2.07 bits per heavy atom. The van der Waals surface area contributed by atoms with Gasteiger partial charge in [-0.25, -0.2) is 9.98 Å². The highest BCUT2D eigenvalue weighted by Gasteiger charge is 2.25. The fourth-order valence-corrected chi connectivity index (χ4v) is 3.62. The summed E-state index contributed by atoms with van der Waals surface area (Å²) in [5, 5.41) is 7.50. The van der Waals surface area contributed by atoms with E-state index in [0.717, 1.165) is 43.4 Å². The molecule has 7 nitrogen and oxygen atoms in total. The number of pyridine rings is 1. The van der Waals surface area contributed by atoms with E-state index in [2.05, 4.69) is 20.5 Å². The van der Waals surface area contributed by atoms with Crippen LogP contribution in [0.1, 0.15) is 29.3 Å². The number of aliphatic imine (C=N–C) groups is 1. The molecule has 1 unspecified atom stereocenters. The van der Waals surface area contributed by atoms with Gasteiger partial charge in [0.2, 0.25) is 0 Å². The molecule has 1 aromatic carbocycles. The van der Waals surface area contributed by atoms with Crippen LogP contribution < -0.4 is 15.5 Å². The Bertz CT molecular complexity index is 883. The number of anilines is 1. The lowest BCUT2D eigenvalue weighted by molar-refractivity contribution is 0.0827. The summed E-state index contributed by atoms with van der Waals surface area (Å²) in [5.41, 5.74) is 1.73.